The Morgan fingerprint density at radius 2 is 2.00 bits per heavy atom. The Morgan fingerprint density at radius 3 is 2.39 bits per heavy atom. The standard InChI is InChI=1S/C15H23NO2/c1-10(2)12-7-13(11(3)6-14(12)17-5)15(16-4)8-18-9-15/h6-7,10,16H,8-9H2,1-5H3. The fourth-order valence-electron chi connectivity index (χ4n) is 2.58. The molecule has 0 spiro atoms. The molecule has 3 heteroatoms. The van der Waals surface area contributed by atoms with E-state index in [2.05, 4.69) is 38.2 Å². The summed E-state index contributed by atoms with van der Waals surface area (Å²) in [6.45, 7) is 8.02. The van der Waals surface area contributed by atoms with E-state index < -0.39 is 0 Å². The van der Waals surface area contributed by atoms with Crippen LogP contribution in [0.25, 0.3) is 0 Å². The molecular weight excluding hydrogens is 226 g/mol. The molecular formula is C15H23NO2. The fraction of sp³-hybridized carbons (Fsp3) is 0.600. The lowest BCUT2D eigenvalue weighted by atomic mass is 9.82. The van der Waals surface area contributed by atoms with Crippen molar-refractivity contribution in [1.29, 1.82) is 0 Å². The van der Waals surface area contributed by atoms with Crippen LogP contribution in [0.4, 0.5) is 0 Å². The van der Waals surface area contributed by atoms with E-state index in [4.69, 9.17) is 9.47 Å². The van der Waals surface area contributed by atoms with Crippen molar-refractivity contribution in [3.63, 3.8) is 0 Å². The van der Waals surface area contributed by atoms with Crippen LogP contribution in [0, 0.1) is 6.92 Å². The fourth-order valence-corrected chi connectivity index (χ4v) is 2.58. The second-order valence-corrected chi connectivity index (χ2v) is 5.39. The first-order valence-corrected chi connectivity index (χ1v) is 6.49. The predicted molar refractivity (Wildman–Crippen MR) is 73.4 cm³/mol. The normalized spacial score (nSPS) is 17.7. The summed E-state index contributed by atoms with van der Waals surface area (Å²) < 4.78 is 10.9. The summed E-state index contributed by atoms with van der Waals surface area (Å²) >= 11 is 0. The molecule has 1 fully saturated rings. The summed E-state index contributed by atoms with van der Waals surface area (Å²) in [5, 5.41) is 3.41. The van der Waals surface area contributed by atoms with Gasteiger partial charge in [0.05, 0.1) is 25.9 Å². The predicted octanol–water partition coefficient (Wildman–Crippen LogP) is 2.57. The van der Waals surface area contributed by atoms with Crippen LogP contribution in [0.3, 0.4) is 0 Å². The van der Waals surface area contributed by atoms with Crippen molar-refractivity contribution >= 4 is 0 Å². The highest BCUT2D eigenvalue weighted by Gasteiger charge is 2.40. The number of nitrogens with one attached hydrogen (secondary N) is 1. The van der Waals surface area contributed by atoms with Gasteiger partial charge in [-0.15, -0.1) is 0 Å². The number of ether oxygens (including phenoxy) is 2. The molecule has 1 heterocycles. The number of aryl methyl sites for hydroxylation is 1. The van der Waals surface area contributed by atoms with Crippen LogP contribution >= 0.6 is 0 Å². The summed E-state index contributed by atoms with van der Waals surface area (Å²) in [6.07, 6.45) is 0. The van der Waals surface area contributed by atoms with E-state index in [1.807, 2.05) is 7.05 Å². The molecule has 0 radical (unpaired) electrons. The van der Waals surface area contributed by atoms with E-state index in [-0.39, 0.29) is 5.54 Å². The minimum Gasteiger partial charge on any atom is -0.496 e. The highest BCUT2D eigenvalue weighted by Crippen LogP contribution is 2.37. The molecule has 100 valence electrons. The molecule has 0 atom stereocenters. The lowest BCUT2D eigenvalue weighted by Gasteiger charge is -2.43. The summed E-state index contributed by atoms with van der Waals surface area (Å²) in [4.78, 5) is 0. The van der Waals surface area contributed by atoms with Gasteiger partial charge in [-0.25, -0.2) is 0 Å². The average molecular weight is 249 g/mol. The second-order valence-electron chi connectivity index (χ2n) is 5.39. The van der Waals surface area contributed by atoms with Gasteiger partial charge in [0.15, 0.2) is 0 Å². The number of hydrogen-bond acceptors (Lipinski definition) is 3. The van der Waals surface area contributed by atoms with Crippen LogP contribution in [-0.2, 0) is 10.3 Å². The first kappa shape index (κ1) is 13.4. The molecule has 1 N–H and O–H groups in total. The zero-order valence-electron chi connectivity index (χ0n) is 12.0. The maximum atomic E-state index is 5.49. The Morgan fingerprint density at radius 1 is 1.33 bits per heavy atom. The summed E-state index contributed by atoms with van der Waals surface area (Å²) in [7, 11) is 3.74. The summed E-state index contributed by atoms with van der Waals surface area (Å²) in [5.41, 5.74) is 3.84. The minimum absolute atomic E-state index is 0.0139. The van der Waals surface area contributed by atoms with Crippen molar-refractivity contribution in [1.82, 2.24) is 5.32 Å². The van der Waals surface area contributed by atoms with Crippen molar-refractivity contribution in [2.24, 2.45) is 0 Å². The Hall–Kier alpha value is -1.06. The van der Waals surface area contributed by atoms with E-state index in [1.165, 1.54) is 16.7 Å². The van der Waals surface area contributed by atoms with Gasteiger partial charge in [-0.3, -0.25) is 0 Å². The topological polar surface area (TPSA) is 30.5 Å². The van der Waals surface area contributed by atoms with Crippen LogP contribution in [0.2, 0.25) is 0 Å². The number of rotatable bonds is 4. The molecule has 0 aromatic heterocycles. The molecule has 3 nitrogen and oxygen atoms in total. The van der Waals surface area contributed by atoms with Gasteiger partial charge >= 0.3 is 0 Å². The van der Waals surface area contributed by atoms with Crippen LogP contribution in [0.1, 0.15) is 36.5 Å². The van der Waals surface area contributed by atoms with E-state index in [9.17, 15) is 0 Å². The lowest BCUT2D eigenvalue weighted by Crippen LogP contribution is -2.56. The molecule has 0 amide bonds. The maximum Gasteiger partial charge on any atom is 0.122 e. The zero-order chi connectivity index (χ0) is 13.3. The molecule has 0 aliphatic carbocycles. The maximum absolute atomic E-state index is 5.49. The van der Waals surface area contributed by atoms with E-state index in [1.54, 1.807) is 7.11 Å². The van der Waals surface area contributed by atoms with Gasteiger partial charge in [-0.05, 0) is 48.7 Å². The second kappa shape index (κ2) is 4.90. The highest BCUT2D eigenvalue weighted by atomic mass is 16.5. The van der Waals surface area contributed by atoms with Crippen molar-refractivity contribution < 1.29 is 9.47 Å². The quantitative estimate of drug-likeness (QED) is 0.889. The van der Waals surface area contributed by atoms with Gasteiger partial charge < -0.3 is 14.8 Å². The molecule has 2 rings (SSSR count). The molecule has 1 aliphatic heterocycles. The number of benzene rings is 1. The number of methoxy groups -OCH3 is 1. The minimum atomic E-state index is -0.0139. The van der Waals surface area contributed by atoms with E-state index >= 15 is 0 Å². The smallest absolute Gasteiger partial charge is 0.122 e. The Labute approximate surface area is 109 Å². The Bertz CT molecular complexity index is 431. The largest absolute Gasteiger partial charge is 0.496 e. The van der Waals surface area contributed by atoms with Gasteiger partial charge in [-0.2, -0.15) is 0 Å². The van der Waals surface area contributed by atoms with Crippen molar-refractivity contribution in [3.8, 4) is 5.75 Å². The van der Waals surface area contributed by atoms with E-state index in [0.717, 1.165) is 19.0 Å². The molecule has 18 heavy (non-hydrogen) atoms. The van der Waals surface area contributed by atoms with Gasteiger partial charge in [0, 0.05) is 0 Å². The lowest BCUT2D eigenvalue weighted by molar-refractivity contribution is -0.0751. The van der Waals surface area contributed by atoms with Crippen LogP contribution in [0.5, 0.6) is 5.75 Å². The third-order valence-corrected chi connectivity index (χ3v) is 3.89. The Kier molecular flexibility index (Phi) is 3.64. The first-order chi connectivity index (χ1) is 8.54. The molecule has 0 saturated carbocycles. The molecule has 1 aliphatic rings. The third kappa shape index (κ3) is 2.02. The Balaban J connectivity index is 2.51. The highest BCUT2D eigenvalue weighted by molar-refractivity contribution is 5.47. The van der Waals surface area contributed by atoms with Crippen molar-refractivity contribution in [2.75, 3.05) is 27.4 Å². The number of likely N-dealkylation sites (N-methyl/N-ethyl adjacent to an activating group) is 1. The monoisotopic (exact) mass is 249 g/mol. The summed E-state index contributed by atoms with van der Waals surface area (Å²) in [6, 6.07) is 4.42. The van der Waals surface area contributed by atoms with Gasteiger partial charge in [0.2, 0.25) is 0 Å². The summed E-state index contributed by atoms with van der Waals surface area (Å²) in [5.74, 6) is 1.44. The van der Waals surface area contributed by atoms with Crippen LogP contribution in [0.15, 0.2) is 12.1 Å². The van der Waals surface area contributed by atoms with Crippen molar-refractivity contribution in [2.45, 2.75) is 32.2 Å². The van der Waals surface area contributed by atoms with Crippen LogP contribution in [-0.4, -0.2) is 27.4 Å². The zero-order valence-corrected chi connectivity index (χ0v) is 12.0. The average Bonchev–Trinajstić information content (AvgIpc) is 2.29. The van der Waals surface area contributed by atoms with E-state index in [0.29, 0.717) is 5.92 Å². The van der Waals surface area contributed by atoms with Gasteiger partial charge in [0.25, 0.3) is 0 Å². The van der Waals surface area contributed by atoms with Crippen LogP contribution < -0.4 is 10.1 Å². The molecule has 1 saturated heterocycles. The molecule has 1 aromatic carbocycles. The molecule has 1 aromatic rings. The molecule has 0 unspecified atom stereocenters. The van der Waals surface area contributed by atoms with Crippen molar-refractivity contribution in [3.05, 3.63) is 28.8 Å². The van der Waals surface area contributed by atoms with Gasteiger partial charge in [-0.1, -0.05) is 13.8 Å². The first-order valence-electron chi connectivity index (χ1n) is 6.49. The molecule has 0 bridgehead atoms. The van der Waals surface area contributed by atoms with Gasteiger partial charge in [0.1, 0.15) is 5.75 Å². The SMILES string of the molecule is CNC1(c2cc(C(C)C)c(OC)cc2C)COC1. The number of hydrogen-bond donors (Lipinski definition) is 1. The third-order valence-electron chi connectivity index (χ3n) is 3.89.